The van der Waals surface area contributed by atoms with Crippen LogP contribution in [0.1, 0.15) is 56.3 Å². The highest BCUT2D eigenvalue weighted by Gasteiger charge is 2.34. The molecule has 1 aromatic carbocycles. The van der Waals surface area contributed by atoms with E-state index in [4.69, 9.17) is 4.52 Å². The van der Waals surface area contributed by atoms with Crippen LogP contribution in [0.2, 0.25) is 0 Å². The van der Waals surface area contributed by atoms with Crippen LogP contribution in [-0.4, -0.2) is 27.5 Å². The van der Waals surface area contributed by atoms with Crippen LogP contribution < -0.4 is 0 Å². The van der Waals surface area contributed by atoms with Gasteiger partial charge in [-0.1, -0.05) is 35.5 Å². The molecule has 1 aliphatic rings. The van der Waals surface area contributed by atoms with Gasteiger partial charge in [0, 0.05) is 19.0 Å². The largest absolute Gasteiger partial charge is 0.359 e. The van der Waals surface area contributed by atoms with Crippen molar-refractivity contribution in [3.05, 3.63) is 69.0 Å². The molecule has 1 aliphatic heterocycles. The van der Waals surface area contributed by atoms with Gasteiger partial charge in [0.2, 0.25) is 0 Å². The van der Waals surface area contributed by atoms with Gasteiger partial charge in [-0.2, -0.15) is 0 Å². The third-order valence-corrected chi connectivity index (χ3v) is 5.87. The molecule has 5 nitrogen and oxygen atoms in total. The Balaban J connectivity index is 1.56. The summed E-state index contributed by atoms with van der Waals surface area (Å²) in [6, 6.07) is 12.1. The van der Waals surface area contributed by atoms with Gasteiger partial charge in [-0.05, 0) is 32.3 Å². The van der Waals surface area contributed by atoms with E-state index in [2.05, 4.69) is 22.3 Å². The molecular formula is C20H21N3O2S. The zero-order chi connectivity index (χ0) is 18.1. The van der Waals surface area contributed by atoms with E-state index in [1.54, 1.807) is 0 Å². The van der Waals surface area contributed by atoms with Crippen LogP contribution in [0.5, 0.6) is 0 Å². The molecular weight excluding hydrogens is 346 g/mol. The fourth-order valence-electron chi connectivity index (χ4n) is 3.47. The van der Waals surface area contributed by atoms with Gasteiger partial charge in [0.25, 0.3) is 5.91 Å². The topological polar surface area (TPSA) is 59.2 Å². The van der Waals surface area contributed by atoms with Crippen molar-refractivity contribution in [2.24, 2.45) is 0 Å². The number of aryl methyl sites for hydroxylation is 2. The van der Waals surface area contributed by atoms with Crippen molar-refractivity contribution in [3.8, 4) is 0 Å². The number of hydrogen-bond donors (Lipinski definition) is 0. The maximum absolute atomic E-state index is 13.2. The molecule has 4 rings (SSSR count). The summed E-state index contributed by atoms with van der Waals surface area (Å²) in [6.45, 7) is 4.56. The van der Waals surface area contributed by atoms with Gasteiger partial charge in [0.1, 0.15) is 4.88 Å². The lowest BCUT2D eigenvalue weighted by Gasteiger charge is -2.22. The Morgan fingerprint density at radius 1 is 1.31 bits per heavy atom. The van der Waals surface area contributed by atoms with Gasteiger partial charge in [-0.15, -0.1) is 11.3 Å². The van der Waals surface area contributed by atoms with E-state index in [0.29, 0.717) is 0 Å². The number of benzene rings is 1. The van der Waals surface area contributed by atoms with Gasteiger partial charge < -0.3 is 9.42 Å². The lowest BCUT2D eigenvalue weighted by molar-refractivity contribution is 0.0718. The summed E-state index contributed by atoms with van der Waals surface area (Å²) in [4.78, 5) is 20.4. The van der Waals surface area contributed by atoms with Crippen LogP contribution in [0.15, 0.2) is 40.9 Å². The lowest BCUT2D eigenvalue weighted by Crippen LogP contribution is -2.30. The monoisotopic (exact) mass is 367 g/mol. The van der Waals surface area contributed by atoms with Crippen molar-refractivity contribution in [3.63, 3.8) is 0 Å². The summed E-state index contributed by atoms with van der Waals surface area (Å²) < 4.78 is 5.42. The number of amides is 1. The Labute approximate surface area is 156 Å². The van der Waals surface area contributed by atoms with Gasteiger partial charge >= 0.3 is 0 Å². The van der Waals surface area contributed by atoms with Crippen LogP contribution in [-0.2, 0) is 6.42 Å². The van der Waals surface area contributed by atoms with E-state index in [0.717, 1.165) is 52.8 Å². The molecule has 26 heavy (non-hydrogen) atoms. The third kappa shape index (κ3) is 3.29. The predicted molar refractivity (Wildman–Crippen MR) is 100 cm³/mol. The Morgan fingerprint density at radius 3 is 2.85 bits per heavy atom. The highest BCUT2D eigenvalue weighted by molar-refractivity contribution is 7.13. The maximum atomic E-state index is 13.2. The molecule has 0 saturated carbocycles. The van der Waals surface area contributed by atoms with Crippen molar-refractivity contribution >= 4 is 17.2 Å². The lowest BCUT2D eigenvalue weighted by atomic mass is 10.1. The van der Waals surface area contributed by atoms with Crippen LogP contribution in [0.3, 0.4) is 0 Å². The number of carbonyl (C=O) groups is 1. The number of likely N-dealkylation sites (tertiary alicyclic amines) is 1. The molecule has 3 heterocycles. The quantitative estimate of drug-likeness (QED) is 0.689. The summed E-state index contributed by atoms with van der Waals surface area (Å²) >= 11 is 1.50. The molecule has 1 fully saturated rings. The number of rotatable bonds is 4. The zero-order valence-corrected chi connectivity index (χ0v) is 15.8. The standard InChI is InChI=1S/C20H21N3O2S/c1-13-11-17(25-22-13)16-9-6-10-23(16)20(24)19-14(2)21-18(26-19)12-15-7-4-3-5-8-15/h3-5,7-8,11,16H,6,9-10,12H2,1-2H3. The van der Waals surface area contributed by atoms with Crippen LogP contribution in [0.25, 0.3) is 0 Å². The van der Waals surface area contributed by atoms with Gasteiger partial charge in [-0.3, -0.25) is 4.79 Å². The molecule has 0 spiro atoms. The molecule has 3 aromatic rings. The van der Waals surface area contributed by atoms with Crippen LogP contribution >= 0.6 is 11.3 Å². The Kier molecular flexibility index (Phi) is 4.59. The average Bonchev–Trinajstić information content (AvgIpc) is 3.35. The Bertz CT molecular complexity index is 916. The van der Waals surface area contributed by atoms with Gasteiger partial charge in [0.15, 0.2) is 5.76 Å². The van der Waals surface area contributed by atoms with Gasteiger partial charge in [-0.25, -0.2) is 4.98 Å². The maximum Gasteiger partial charge on any atom is 0.266 e. The van der Waals surface area contributed by atoms with Crippen molar-refractivity contribution in [2.45, 2.75) is 39.2 Å². The minimum atomic E-state index is -0.0252. The fourth-order valence-corrected chi connectivity index (χ4v) is 4.53. The number of carbonyl (C=O) groups excluding carboxylic acids is 1. The molecule has 2 aromatic heterocycles. The Morgan fingerprint density at radius 2 is 2.12 bits per heavy atom. The number of aromatic nitrogens is 2. The molecule has 0 N–H and O–H groups in total. The first-order valence-electron chi connectivity index (χ1n) is 8.86. The SMILES string of the molecule is Cc1cc(C2CCCN2C(=O)c2sc(Cc3ccccc3)nc2C)on1. The van der Waals surface area contributed by atoms with E-state index in [9.17, 15) is 4.79 Å². The molecule has 1 atom stereocenters. The molecule has 0 aliphatic carbocycles. The van der Waals surface area contributed by atoms with Crippen molar-refractivity contribution in [1.29, 1.82) is 0 Å². The predicted octanol–water partition coefficient (Wildman–Crippen LogP) is 4.32. The van der Waals surface area contributed by atoms with Crippen molar-refractivity contribution in [1.82, 2.24) is 15.0 Å². The number of thiazole rings is 1. The highest BCUT2D eigenvalue weighted by atomic mass is 32.1. The summed E-state index contributed by atoms with van der Waals surface area (Å²) in [5.41, 5.74) is 2.86. The molecule has 1 amide bonds. The number of nitrogens with zero attached hydrogens (tertiary/aromatic N) is 3. The molecule has 0 radical (unpaired) electrons. The second-order valence-electron chi connectivity index (χ2n) is 6.71. The smallest absolute Gasteiger partial charge is 0.266 e. The van der Waals surface area contributed by atoms with E-state index in [-0.39, 0.29) is 11.9 Å². The summed E-state index contributed by atoms with van der Waals surface area (Å²) in [5.74, 6) is 0.830. The van der Waals surface area contributed by atoms with Crippen LogP contribution in [0.4, 0.5) is 0 Å². The molecule has 6 heteroatoms. The Hall–Kier alpha value is -2.47. The van der Waals surface area contributed by atoms with Crippen molar-refractivity contribution < 1.29 is 9.32 Å². The van der Waals surface area contributed by atoms with E-state index in [1.165, 1.54) is 16.9 Å². The van der Waals surface area contributed by atoms with E-state index >= 15 is 0 Å². The third-order valence-electron chi connectivity index (χ3n) is 4.72. The summed E-state index contributed by atoms with van der Waals surface area (Å²) in [6.07, 6.45) is 2.64. The molecule has 1 unspecified atom stereocenters. The first-order chi connectivity index (χ1) is 12.6. The zero-order valence-electron chi connectivity index (χ0n) is 14.9. The first-order valence-corrected chi connectivity index (χ1v) is 9.68. The molecule has 134 valence electrons. The van der Waals surface area contributed by atoms with E-state index in [1.807, 2.05) is 43.0 Å². The second kappa shape index (κ2) is 7.03. The fraction of sp³-hybridized carbons (Fsp3) is 0.350. The summed E-state index contributed by atoms with van der Waals surface area (Å²) in [5, 5.41) is 4.95. The first kappa shape index (κ1) is 17.0. The van der Waals surface area contributed by atoms with Crippen LogP contribution in [0, 0.1) is 13.8 Å². The normalized spacial score (nSPS) is 17.0. The van der Waals surface area contributed by atoms with Crippen molar-refractivity contribution in [2.75, 3.05) is 6.54 Å². The van der Waals surface area contributed by atoms with Gasteiger partial charge in [0.05, 0.1) is 22.4 Å². The molecule has 1 saturated heterocycles. The number of hydrogen-bond acceptors (Lipinski definition) is 5. The summed E-state index contributed by atoms with van der Waals surface area (Å²) in [7, 11) is 0. The molecule has 0 bridgehead atoms. The second-order valence-corrected chi connectivity index (χ2v) is 7.80. The highest BCUT2D eigenvalue weighted by Crippen LogP contribution is 2.35. The minimum absolute atomic E-state index is 0.0252. The average molecular weight is 367 g/mol. The van der Waals surface area contributed by atoms with E-state index < -0.39 is 0 Å². The minimum Gasteiger partial charge on any atom is -0.359 e.